The van der Waals surface area contributed by atoms with E-state index in [2.05, 4.69) is 31.0 Å². The van der Waals surface area contributed by atoms with Gasteiger partial charge in [-0.15, -0.1) is 0 Å². The molecule has 0 unspecified atom stereocenters. The topological polar surface area (TPSA) is 71.1 Å². The fraction of sp³-hybridized carbons (Fsp3) is 0.154. The van der Waals surface area contributed by atoms with Gasteiger partial charge >= 0.3 is 0 Å². The van der Waals surface area contributed by atoms with Crippen LogP contribution in [0.1, 0.15) is 6.92 Å². The summed E-state index contributed by atoms with van der Waals surface area (Å²) in [4.78, 5) is 3.91. The van der Waals surface area contributed by atoms with Crippen LogP contribution in [0.5, 0.6) is 0 Å². The monoisotopic (exact) mass is 373 g/mol. The van der Waals surface area contributed by atoms with Gasteiger partial charge in [0, 0.05) is 12.7 Å². The molecule has 8 heteroatoms. The van der Waals surface area contributed by atoms with E-state index in [1.165, 1.54) is 24.4 Å². The Morgan fingerprint density at radius 1 is 1.33 bits per heavy atom. The molecule has 21 heavy (non-hydrogen) atoms. The van der Waals surface area contributed by atoms with Gasteiger partial charge in [0.2, 0.25) is 0 Å². The summed E-state index contributed by atoms with van der Waals surface area (Å²) in [5.74, 6) is -0.468. The number of rotatable bonds is 5. The highest BCUT2D eigenvalue weighted by atomic mass is 79.9. The molecule has 0 aliphatic carbocycles. The van der Waals surface area contributed by atoms with Crippen LogP contribution in [0.4, 0.5) is 15.8 Å². The normalized spacial score (nSPS) is 11.2. The third-order valence-corrected chi connectivity index (χ3v) is 4.51. The third kappa shape index (κ3) is 3.70. The van der Waals surface area contributed by atoms with E-state index >= 15 is 0 Å². The summed E-state index contributed by atoms with van der Waals surface area (Å²) in [6.45, 7) is 2.42. The van der Waals surface area contributed by atoms with Crippen molar-refractivity contribution in [3.63, 3.8) is 0 Å². The van der Waals surface area contributed by atoms with Gasteiger partial charge in [-0.3, -0.25) is 4.72 Å². The Labute approximate surface area is 130 Å². The Balaban J connectivity index is 2.36. The summed E-state index contributed by atoms with van der Waals surface area (Å²) >= 11 is 3.01. The standard InChI is InChI=1S/C13H13BrFN3O2S/c1-2-16-12-4-3-7-17-13(12)21(19,20)18-9-5-6-11(15)10(14)8-9/h3-8,16,18H,2H2,1H3. The average Bonchev–Trinajstić information content (AvgIpc) is 2.43. The van der Waals surface area contributed by atoms with Gasteiger partial charge in [-0.25, -0.2) is 9.37 Å². The molecule has 0 bridgehead atoms. The number of hydrogen-bond acceptors (Lipinski definition) is 4. The van der Waals surface area contributed by atoms with Gasteiger partial charge in [-0.2, -0.15) is 8.42 Å². The lowest BCUT2D eigenvalue weighted by molar-refractivity contribution is 0.597. The van der Waals surface area contributed by atoms with E-state index in [9.17, 15) is 12.8 Å². The van der Waals surface area contributed by atoms with Crippen molar-refractivity contribution >= 4 is 37.3 Å². The first-order valence-electron chi connectivity index (χ1n) is 6.11. The highest BCUT2D eigenvalue weighted by Crippen LogP contribution is 2.24. The van der Waals surface area contributed by atoms with Crippen molar-refractivity contribution in [2.24, 2.45) is 0 Å². The summed E-state index contributed by atoms with van der Waals surface area (Å²) < 4.78 is 40.5. The summed E-state index contributed by atoms with van der Waals surface area (Å²) in [7, 11) is -3.86. The van der Waals surface area contributed by atoms with E-state index in [0.29, 0.717) is 12.2 Å². The third-order valence-electron chi connectivity index (χ3n) is 2.56. The molecule has 0 spiro atoms. The maximum atomic E-state index is 13.2. The summed E-state index contributed by atoms with van der Waals surface area (Å²) in [5, 5.41) is 2.83. The zero-order chi connectivity index (χ0) is 15.5. The number of sulfonamides is 1. The Bertz CT molecular complexity index is 753. The Morgan fingerprint density at radius 3 is 2.76 bits per heavy atom. The van der Waals surface area contributed by atoms with Gasteiger partial charge < -0.3 is 5.32 Å². The number of anilines is 2. The number of hydrogen-bond donors (Lipinski definition) is 2. The SMILES string of the molecule is CCNc1cccnc1S(=O)(=O)Nc1ccc(F)c(Br)c1. The smallest absolute Gasteiger partial charge is 0.281 e. The number of nitrogens with zero attached hydrogens (tertiary/aromatic N) is 1. The van der Waals surface area contributed by atoms with Crippen LogP contribution in [0, 0.1) is 5.82 Å². The molecule has 5 nitrogen and oxygen atoms in total. The van der Waals surface area contributed by atoms with E-state index in [4.69, 9.17) is 0 Å². The van der Waals surface area contributed by atoms with Crippen LogP contribution in [-0.4, -0.2) is 19.9 Å². The lowest BCUT2D eigenvalue weighted by atomic mass is 10.3. The molecule has 1 heterocycles. The minimum atomic E-state index is -3.86. The predicted octanol–water partition coefficient (Wildman–Crippen LogP) is 3.22. The summed E-state index contributed by atoms with van der Waals surface area (Å²) in [6, 6.07) is 7.14. The first kappa shape index (κ1) is 15.7. The summed E-state index contributed by atoms with van der Waals surface area (Å²) in [5.41, 5.74) is 0.657. The van der Waals surface area contributed by atoms with Crippen LogP contribution in [0.25, 0.3) is 0 Å². The first-order valence-corrected chi connectivity index (χ1v) is 8.38. The Morgan fingerprint density at radius 2 is 2.10 bits per heavy atom. The number of nitrogens with one attached hydrogen (secondary N) is 2. The number of halogens is 2. The molecule has 1 aromatic carbocycles. The lowest BCUT2D eigenvalue weighted by Gasteiger charge is -2.12. The van der Waals surface area contributed by atoms with Crippen LogP contribution in [0.15, 0.2) is 46.0 Å². The van der Waals surface area contributed by atoms with E-state index < -0.39 is 15.8 Å². The highest BCUT2D eigenvalue weighted by Gasteiger charge is 2.20. The number of aromatic nitrogens is 1. The molecule has 0 aliphatic heterocycles. The fourth-order valence-corrected chi connectivity index (χ4v) is 3.24. The molecular weight excluding hydrogens is 361 g/mol. The van der Waals surface area contributed by atoms with E-state index in [-0.39, 0.29) is 15.2 Å². The molecule has 2 rings (SSSR count). The molecule has 1 aromatic heterocycles. The fourth-order valence-electron chi connectivity index (χ4n) is 1.69. The average molecular weight is 374 g/mol. The maximum Gasteiger partial charge on any atom is 0.281 e. The second-order valence-electron chi connectivity index (χ2n) is 4.12. The van der Waals surface area contributed by atoms with Crippen LogP contribution < -0.4 is 10.0 Å². The van der Waals surface area contributed by atoms with Crippen molar-refractivity contribution in [1.29, 1.82) is 0 Å². The van der Waals surface area contributed by atoms with Gasteiger partial charge in [0.25, 0.3) is 10.0 Å². The Kier molecular flexibility index (Phi) is 4.79. The van der Waals surface area contributed by atoms with Crippen LogP contribution in [-0.2, 0) is 10.0 Å². The zero-order valence-electron chi connectivity index (χ0n) is 11.1. The van der Waals surface area contributed by atoms with Crippen molar-refractivity contribution in [2.75, 3.05) is 16.6 Å². The molecule has 0 saturated carbocycles. The molecule has 2 aromatic rings. The largest absolute Gasteiger partial charge is 0.383 e. The van der Waals surface area contributed by atoms with Gasteiger partial charge in [-0.05, 0) is 53.2 Å². The lowest BCUT2D eigenvalue weighted by Crippen LogP contribution is -2.17. The summed E-state index contributed by atoms with van der Waals surface area (Å²) in [6.07, 6.45) is 1.40. The molecule has 0 saturated heterocycles. The minimum absolute atomic E-state index is 0.104. The number of pyridine rings is 1. The van der Waals surface area contributed by atoms with Gasteiger partial charge in [0.1, 0.15) is 5.82 Å². The van der Waals surface area contributed by atoms with E-state index in [0.717, 1.165) is 0 Å². The molecule has 0 radical (unpaired) electrons. The predicted molar refractivity (Wildman–Crippen MR) is 83.3 cm³/mol. The van der Waals surface area contributed by atoms with E-state index in [1.807, 2.05) is 6.92 Å². The zero-order valence-corrected chi connectivity index (χ0v) is 13.5. The molecule has 0 fully saturated rings. The van der Waals surface area contributed by atoms with Crippen molar-refractivity contribution in [3.8, 4) is 0 Å². The van der Waals surface area contributed by atoms with Gasteiger partial charge in [0.15, 0.2) is 5.03 Å². The van der Waals surface area contributed by atoms with Crippen molar-refractivity contribution in [1.82, 2.24) is 4.98 Å². The Hall–Kier alpha value is -1.67. The van der Waals surface area contributed by atoms with Crippen LogP contribution in [0.2, 0.25) is 0 Å². The first-order chi connectivity index (χ1) is 9.94. The maximum absolute atomic E-state index is 13.2. The molecule has 0 amide bonds. The molecule has 0 atom stereocenters. The van der Waals surface area contributed by atoms with Crippen LogP contribution in [0.3, 0.4) is 0 Å². The van der Waals surface area contributed by atoms with Crippen molar-refractivity contribution in [2.45, 2.75) is 11.9 Å². The van der Waals surface area contributed by atoms with E-state index in [1.54, 1.807) is 12.1 Å². The second kappa shape index (κ2) is 6.40. The molecule has 2 N–H and O–H groups in total. The van der Waals surface area contributed by atoms with Crippen LogP contribution >= 0.6 is 15.9 Å². The van der Waals surface area contributed by atoms with Crippen molar-refractivity contribution in [3.05, 3.63) is 46.8 Å². The van der Waals surface area contributed by atoms with Crippen molar-refractivity contribution < 1.29 is 12.8 Å². The number of benzene rings is 1. The quantitative estimate of drug-likeness (QED) is 0.843. The minimum Gasteiger partial charge on any atom is -0.383 e. The molecular formula is C13H13BrFN3O2S. The highest BCUT2D eigenvalue weighted by molar-refractivity contribution is 9.10. The second-order valence-corrected chi connectivity index (χ2v) is 6.57. The molecule has 0 aliphatic rings. The van der Waals surface area contributed by atoms with Gasteiger partial charge in [0.05, 0.1) is 15.8 Å². The van der Waals surface area contributed by atoms with Gasteiger partial charge in [-0.1, -0.05) is 0 Å². The molecule has 112 valence electrons.